The molecule has 2 unspecified atom stereocenters. The van der Waals surface area contributed by atoms with Crippen LogP contribution in [0.15, 0.2) is 18.2 Å². The average molecular weight is 259 g/mol. The van der Waals surface area contributed by atoms with E-state index in [2.05, 4.69) is 0 Å². The highest BCUT2D eigenvalue weighted by atomic mass is 31.1. The van der Waals surface area contributed by atoms with Crippen molar-refractivity contribution in [3.8, 4) is 11.5 Å². The molecule has 0 bridgehead atoms. The summed E-state index contributed by atoms with van der Waals surface area (Å²) in [6.07, 6.45) is 0. The Kier molecular flexibility index (Phi) is 5.35. The van der Waals surface area contributed by atoms with Crippen molar-refractivity contribution in [1.29, 1.82) is 0 Å². The largest absolute Gasteiger partial charge is 0.540 e. The molecule has 5 nitrogen and oxygen atoms in total. The van der Waals surface area contributed by atoms with Gasteiger partial charge in [-0.1, -0.05) is 0 Å². The molecule has 0 aliphatic rings. The molecular weight excluding hydrogens is 243 g/mol. The van der Waals surface area contributed by atoms with Crippen LogP contribution in [-0.4, -0.2) is 25.2 Å². The van der Waals surface area contributed by atoms with E-state index in [-0.39, 0.29) is 6.61 Å². The van der Waals surface area contributed by atoms with E-state index in [9.17, 15) is 4.57 Å². The summed E-state index contributed by atoms with van der Waals surface area (Å²) >= 11 is 0. The molecular formula is C11H16O5P+. The summed E-state index contributed by atoms with van der Waals surface area (Å²) in [5, 5.41) is 9.05. The second kappa shape index (κ2) is 6.55. The maximum absolute atomic E-state index is 11.2. The van der Waals surface area contributed by atoms with Gasteiger partial charge >= 0.3 is 8.03 Å². The quantitative estimate of drug-likeness (QED) is 0.794. The molecule has 0 spiro atoms. The Hall–Kier alpha value is -1.16. The van der Waals surface area contributed by atoms with Crippen LogP contribution in [0.5, 0.6) is 11.5 Å². The van der Waals surface area contributed by atoms with Gasteiger partial charge in [-0.25, -0.2) is 0 Å². The van der Waals surface area contributed by atoms with Crippen LogP contribution in [0, 0.1) is 0 Å². The maximum atomic E-state index is 11.2. The Morgan fingerprint density at radius 2 is 2.06 bits per heavy atom. The molecule has 6 heteroatoms. The molecule has 0 fully saturated rings. The zero-order valence-corrected chi connectivity index (χ0v) is 10.9. The molecule has 1 aromatic carbocycles. The Balaban J connectivity index is 2.74. The Morgan fingerprint density at radius 3 is 2.59 bits per heavy atom. The molecule has 0 heterocycles. The highest BCUT2D eigenvalue weighted by Gasteiger charge is 2.25. The third-order valence-corrected chi connectivity index (χ3v) is 3.14. The van der Waals surface area contributed by atoms with E-state index in [1.54, 1.807) is 25.3 Å². The van der Waals surface area contributed by atoms with Crippen LogP contribution in [0.2, 0.25) is 0 Å². The van der Waals surface area contributed by atoms with Crippen LogP contribution in [0.4, 0.5) is 0 Å². The molecule has 0 amide bonds. The number of aliphatic hydroxyl groups excluding tert-OH is 1. The number of ether oxygens (including phenoxy) is 2. The topological polar surface area (TPSA) is 65.0 Å². The first-order valence-electron chi connectivity index (χ1n) is 5.06. The number of hydrogen-bond acceptors (Lipinski definition) is 5. The first-order chi connectivity index (χ1) is 8.08. The van der Waals surface area contributed by atoms with Crippen molar-refractivity contribution in [2.45, 2.75) is 19.4 Å². The smallest absolute Gasteiger partial charge is 0.497 e. The number of hydrogen-bond donors (Lipinski definition) is 1. The molecule has 17 heavy (non-hydrogen) atoms. The normalized spacial score (nSPS) is 13.1. The Labute approximate surface area is 101 Å². The predicted octanol–water partition coefficient (Wildman–Crippen LogP) is 2.30. The minimum absolute atomic E-state index is 0.118. The monoisotopic (exact) mass is 259 g/mol. The molecule has 0 saturated carbocycles. The van der Waals surface area contributed by atoms with Gasteiger partial charge in [-0.3, -0.25) is 0 Å². The van der Waals surface area contributed by atoms with Gasteiger partial charge in [0.1, 0.15) is 18.1 Å². The molecule has 0 aliphatic carbocycles. The fraction of sp³-hybridized carbons (Fsp3) is 0.455. The van der Waals surface area contributed by atoms with Crippen molar-refractivity contribution in [2.24, 2.45) is 0 Å². The van der Waals surface area contributed by atoms with Gasteiger partial charge in [0.15, 0.2) is 0 Å². The molecule has 94 valence electrons. The van der Waals surface area contributed by atoms with Crippen LogP contribution in [0.3, 0.4) is 0 Å². The van der Waals surface area contributed by atoms with Crippen molar-refractivity contribution in [2.75, 3.05) is 14.2 Å². The maximum Gasteiger partial charge on any atom is 0.540 e. The van der Waals surface area contributed by atoms with E-state index in [4.69, 9.17) is 19.1 Å². The van der Waals surface area contributed by atoms with Gasteiger partial charge in [0.05, 0.1) is 14.2 Å². The fourth-order valence-electron chi connectivity index (χ4n) is 1.21. The van der Waals surface area contributed by atoms with Crippen LogP contribution in [-0.2, 0) is 15.7 Å². The first kappa shape index (κ1) is 13.9. The standard InChI is InChI=1S/C11H16O5P/c1-8(12)17(13)16-7-9-4-5-10(14-2)6-11(9)15-3/h4-6,8,12H,7H2,1-3H3/q+1. The van der Waals surface area contributed by atoms with Crippen molar-refractivity contribution in [3.63, 3.8) is 0 Å². The van der Waals surface area contributed by atoms with Crippen LogP contribution >= 0.6 is 8.03 Å². The van der Waals surface area contributed by atoms with E-state index in [0.717, 1.165) is 5.56 Å². The lowest BCUT2D eigenvalue weighted by atomic mass is 10.2. The molecule has 0 radical (unpaired) electrons. The second-order valence-electron chi connectivity index (χ2n) is 3.37. The fourth-order valence-corrected chi connectivity index (χ4v) is 1.69. The summed E-state index contributed by atoms with van der Waals surface area (Å²) in [6.45, 7) is 1.54. The predicted molar refractivity (Wildman–Crippen MR) is 63.6 cm³/mol. The van der Waals surface area contributed by atoms with Gasteiger partial charge in [-0.15, -0.1) is 4.52 Å². The van der Waals surface area contributed by atoms with Gasteiger partial charge < -0.3 is 14.6 Å². The third-order valence-electron chi connectivity index (χ3n) is 2.15. The van der Waals surface area contributed by atoms with Gasteiger partial charge in [0.25, 0.3) is 5.85 Å². The lowest BCUT2D eigenvalue weighted by Gasteiger charge is -2.08. The summed E-state index contributed by atoms with van der Waals surface area (Å²) in [6, 6.07) is 5.24. The molecule has 1 N–H and O–H groups in total. The van der Waals surface area contributed by atoms with E-state index in [1.807, 2.05) is 0 Å². The van der Waals surface area contributed by atoms with Crippen LogP contribution in [0.1, 0.15) is 12.5 Å². The Bertz CT molecular complexity index is 391. The summed E-state index contributed by atoms with van der Waals surface area (Å²) in [4.78, 5) is 0. The number of aliphatic hydroxyl groups is 1. The highest BCUT2D eigenvalue weighted by Crippen LogP contribution is 2.32. The third kappa shape index (κ3) is 3.97. The summed E-state index contributed by atoms with van der Waals surface area (Å²) in [5.74, 6) is 0.290. The van der Waals surface area contributed by atoms with Crippen molar-refractivity contribution < 1.29 is 23.7 Å². The number of benzene rings is 1. The van der Waals surface area contributed by atoms with Gasteiger partial charge in [-0.2, -0.15) is 0 Å². The minimum atomic E-state index is -2.07. The van der Waals surface area contributed by atoms with Crippen molar-refractivity contribution in [3.05, 3.63) is 23.8 Å². The summed E-state index contributed by atoms with van der Waals surface area (Å²) < 4.78 is 26.5. The van der Waals surface area contributed by atoms with E-state index in [0.29, 0.717) is 11.5 Å². The molecule has 1 rings (SSSR count). The molecule has 0 aliphatic heterocycles. The van der Waals surface area contributed by atoms with Crippen molar-refractivity contribution >= 4 is 8.03 Å². The van der Waals surface area contributed by atoms with Gasteiger partial charge in [0.2, 0.25) is 0 Å². The highest BCUT2D eigenvalue weighted by molar-refractivity contribution is 7.39. The lowest BCUT2D eigenvalue weighted by Crippen LogP contribution is -1.98. The molecule has 0 aromatic heterocycles. The SMILES string of the molecule is COc1ccc(CO[P+](=O)C(C)O)c(OC)c1. The Morgan fingerprint density at radius 1 is 1.35 bits per heavy atom. The van der Waals surface area contributed by atoms with E-state index >= 15 is 0 Å². The van der Waals surface area contributed by atoms with Crippen LogP contribution < -0.4 is 9.47 Å². The van der Waals surface area contributed by atoms with E-state index < -0.39 is 13.9 Å². The first-order valence-corrected chi connectivity index (χ1v) is 6.31. The number of rotatable bonds is 6. The minimum Gasteiger partial charge on any atom is -0.497 e. The van der Waals surface area contributed by atoms with Crippen molar-refractivity contribution in [1.82, 2.24) is 0 Å². The zero-order chi connectivity index (χ0) is 12.8. The molecule has 2 atom stereocenters. The zero-order valence-electron chi connectivity index (χ0n) is 10.0. The summed E-state index contributed by atoms with van der Waals surface area (Å²) in [7, 11) is 1.03. The van der Waals surface area contributed by atoms with E-state index in [1.165, 1.54) is 14.0 Å². The van der Waals surface area contributed by atoms with Crippen LogP contribution in [0.25, 0.3) is 0 Å². The average Bonchev–Trinajstić information content (AvgIpc) is 2.35. The lowest BCUT2D eigenvalue weighted by molar-refractivity contribution is 0.227. The molecule has 1 aromatic rings. The second-order valence-corrected chi connectivity index (χ2v) is 4.94. The molecule has 0 saturated heterocycles. The number of methoxy groups -OCH3 is 2. The summed E-state index contributed by atoms with van der Waals surface area (Å²) in [5.41, 5.74) is 0.748. The van der Waals surface area contributed by atoms with Gasteiger partial charge in [-0.05, 0) is 16.7 Å². The van der Waals surface area contributed by atoms with Gasteiger partial charge in [0, 0.05) is 18.6 Å².